The van der Waals surface area contributed by atoms with Crippen molar-refractivity contribution in [2.24, 2.45) is 5.92 Å². The van der Waals surface area contributed by atoms with Crippen molar-refractivity contribution in [1.29, 1.82) is 0 Å². The third-order valence-electron chi connectivity index (χ3n) is 4.52. The summed E-state index contributed by atoms with van der Waals surface area (Å²) in [7, 11) is 0. The van der Waals surface area contributed by atoms with Gasteiger partial charge in [0, 0.05) is 11.7 Å². The first-order valence-corrected chi connectivity index (χ1v) is 7.68. The van der Waals surface area contributed by atoms with Gasteiger partial charge in [-0.2, -0.15) is 0 Å². The highest BCUT2D eigenvalue weighted by molar-refractivity contribution is 5.78. The molecular formula is C16H21N3O2. The number of rotatable bonds is 3. The molecule has 1 aromatic carbocycles. The molecule has 21 heavy (non-hydrogen) atoms. The van der Waals surface area contributed by atoms with Gasteiger partial charge in [0.15, 0.2) is 0 Å². The Morgan fingerprint density at radius 2 is 1.71 bits per heavy atom. The summed E-state index contributed by atoms with van der Waals surface area (Å²) in [5, 5.41) is 3.54. The summed E-state index contributed by atoms with van der Waals surface area (Å²) in [6.07, 6.45) is 6.23. The van der Waals surface area contributed by atoms with Crippen LogP contribution in [0.15, 0.2) is 27.8 Å². The van der Waals surface area contributed by atoms with Crippen molar-refractivity contribution in [2.75, 3.05) is 5.32 Å². The number of hydrogen-bond donors (Lipinski definition) is 3. The lowest BCUT2D eigenvalue weighted by atomic mass is 9.84. The molecular weight excluding hydrogens is 266 g/mol. The molecule has 0 saturated heterocycles. The fourth-order valence-electron chi connectivity index (χ4n) is 3.16. The van der Waals surface area contributed by atoms with Crippen LogP contribution >= 0.6 is 0 Å². The van der Waals surface area contributed by atoms with Gasteiger partial charge in [-0.3, -0.25) is 9.59 Å². The second kappa shape index (κ2) is 5.76. The van der Waals surface area contributed by atoms with E-state index in [1.54, 1.807) is 0 Å². The Morgan fingerprint density at radius 3 is 2.38 bits per heavy atom. The lowest BCUT2D eigenvalue weighted by Crippen LogP contribution is -2.29. The lowest BCUT2D eigenvalue weighted by molar-refractivity contribution is 0.330. The summed E-state index contributed by atoms with van der Waals surface area (Å²) in [4.78, 5) is 27.9. The summed E-state index contributed by atoms with van der Waals surface area (Å²) >= 11 is 0. The second-order valence-electron chi connectivity index (χ2n) is 5.94. The van der Waals surface area contributed by atoms with E-state index in [0.717, 1.165) is 11.6 Å². The average Bonchev–Trinajstić information content (AvgIpc) is 2.49. The van der Waals surface area contributed by atoms with Crippen LogP contribution in [0.2, 0.25) is 0 Å². The van der Waals surface area contributed by atoms with E-state index in [-0.39, 0.29) is 0 Å². The van der Waals surface area contributed by atoms with Gasteiger partial charge in [0.25, 0.3) is 0 Å². The molecule has 1 aliphatic carbocycles. The first-order chi connectivity index (χ1) is 10.2. The van der Waals surface area contributed by atoms with Crippen LogP contribution in [-0.2, 0) is 0 Å². The number of anilines is 1. The van der Waals surface area contributed by atoms with E-state index in [9.17, 15) is 9.59 Å². The van der Waals surface area contributed by atoms with Crippen molar-refractivity contribution in [2.45, 2.75) is 45.1 Å². The molecule has 0 spiro atoms. The quantitative estimate of drug-likeness (QED) is 0.759. The smallest absolute Gasteiger partial charge is 0.314 e. The molecule has 1 saturated carbocycles. The highest BCUT2D eigenvalue weighted by atomic mass is 16.2. The van der Waals surface area contributed by atoms with Gasteiger partial charge in [0.1, 0.15) is 0 Å². The van der Waals surface area contributed by atoms with Crippen molar-refractivity contribution in [3.63, 3.8) is 0 Å². The molecule has 1 fully saturated rings. The predicted octanol–water partition coefficient (Wildman–Crippen LogP) is 2.60. The van der Waals surface area contributed by atoms with E-state index in [2.05, 4.69) is 22.2 Å². The average molecular weight is 287 g/mol. The van der Waals surface area contributed by atoms with Crippen LogP contribution in [0.25, 0.3) is 11.0 Å². The Balaban J connectivity index is 1.77. The summed E-state index contributed by atoms with van der Waals surface area (Å²) in [5.74, 6) is 0.876. The van der Waals surface area contributed by atoms with Gasteiger partial charge < -0.3 is 15.3 Å². The molecule has 0 amide bonds. The van der Waals surface area contributed by atoms with Gasteiger partial charge in [-0.05, 0) is 49.8 Å². The minimum atomic E-state index is -0.610. The van der Waals surface area contributed by atoms with E-state index in [4.69, 9.17) is 0 Å². The zero-order chi connectivity index (χ0) is 14.8. The Labute approximate surface area is 122 Å². The number of nitrogens with one attached hydrogen (secondary N) is 3. The van der Waals surface area contributed by atoms with Crippen LogP contribution in [0.1, 0.15) is 39.0 Å². The van der Waals surface area contributed by atoms with Crippen LogP contribution in [0, 0.1) is 5.92 Å². The van der Waals surface area contributed by atoms with Crippen LogP contribution in [-0.4, -0.2) is 16.0 Å². The second-order valence-corrected chi connectivity index (χ2v) is 5.94. The van der Waals surface area contributed by atoms with Gasteiger partial charge >= 0.3 is 11.1 Å². The van der Waals surface area contributed by atoms with Gasteiger partial charge in [0.05, 0.1) is 11.0 Å². The number of aromatic nitrogens is 2. The van der Waals surface area contributed by atoms with E-state index < -0.39 is 11.1 Å². The zero-order valence-corrected chi connectivity index (χ0v) is 12.2. The van der Waals surface area contributed by atoms with Crippen molar-refractivity contribution < 1.29 is 0 Å². The third-order valence-corrected chi connectivity index (χ3v) is 4.52. The van der Waals surface area contributed by atoms with E-state index in [0.29, 0.717) is 17.1 Å². The van der Waals surface area contributed by atoms with Gasteiger partial charge in [-0.1, -0.05) is 13.3 Å². The number of aromatic amines is 2. The molecule has 5 nitrogen and oxygen atoms in total. The molecule has 1 heterocycles. The monoisotopic (exact) mass is 287 g/mol. The maximum absolute atomic E-state index is 11.4. The van der Waals surface area contributed by atoms with Gasteiger partial charge in [-0.15, -0.1) is 0 Å². The molecule has 0 unspecified atom stereocenters. The van der Waals surface area contributed by atoms with E-state index >= 15 is 0 Å². The minimum absolute atomic E-state index is 0.500. The highest BCUT2D eigenvalue weighted by Gasteiger charge is 2.19. The SMILES string of the molecule is CCC1CCC(Nc2ccc3[nH]c(=O)c(=O)[nH]c3c2)CC1. The highest BCUT2D eigenvalue weighted by Crippen LogP contribution is 2.28. The maximum atomic E-state index is 11.4. The number of hydrogen-bond acceptors (Lipinski definition) is 3. The first kappa shape index (κ1) is 13.9. The van der Waals surface area contributed by atoms with Gasteiger partial charge in [-0.25, -0.2) is 0 Å². The molecule has 2 aromatic rings. The van der Waals surface area contributed by atoms with Crippen molar-refractivity contribution in [1.82, 2.24) is 9.97 Å². The third kappa shape index (κ3) is 3.01. The predicted molar refractivity (Wildman–Crippen MR) is 84.8 cm³/mol. The fraction of sp³-hybridized carbons (Fsp3) is 0.500. The topological polar surface area (TPSA) is 77.8 Å². The molecule has 0 radical (unpaired) electrons. The number of benzene rings is 1. The Kier molecular flexibility index (Phi) is 3.82. The van der Waals surface area contributed by atoms with Crippen molar-refractivity contribution in [3.8, 4) is 0 Å². The number of H-pyrrole nitrogens is 2. The molecule has 112 valence electrons. The molecule has 0 atom stereocenters. The summed E-state index contributed by atoms with van der Waals surface area (Å²) in [6.45, 7) is 2.26. The van der Waals surface area contributed by atoms with Gasteiger partial charge in [0.2, 0.25) is 0 Å². The molecule has 0 aliphatic heterocycles. The normalized spacial score (nSPS) is 22.3. The van der Waals surface area contributed by atoms with Crippen molar-refractivity contribution in [3.05, 3.63) is 38.9 Å². The molecule has 1 aliphatic rings. The molecule has 0 bridgehead atoms. The Bertz CT molecular complexity index is 739. The van der Waals surface area contributed by atoms with Crippen molar-refractivity contribution >= 4 is 16.7 Å². The number of fused-ring (bicyclic) bond motifs is 1. The zero-order valence-electron chi connectivity index (χ0n) is 12.2. The largest absolute Gasteiger partial charge is 0.382 e. The van der Waals surface area contributed by atoms with E-state index in [1.165, 1.54) is 32.1 Å². The molecule has 1 aromatic heterocycles. The van der Waals surface area contributed by atoms with Crippen LogP contribution in [0.4, 0.5) is 5.69 Å². The fourth-order valence-corrected chi connectivity index (χ4v) is 3.16. The summed E-state index contributed by atoms with van der Waals surface area (Å²) < 4.78 is 0. The summed E-state index contributed by atoms with van der Waals surface area (Å²) in [6, 6.07) is 6.16. The molecule has 5 heteroatoms. The maximum Gasteiger partial charge on any atom is 0.314 e. The van der Waals surface area contributed by atoms with Crippen LogP contribution < -0.4 is 16.4 Å². The van der Waals surface area contributed by atoms with E-state index in [1.807, 2.05) is 18.2 Å². The lowest BCUT2D eigenvalue weighted by Gasteiger charge is -2.29. The Hall–Kier alpha value is -2.04. The molecule has 3 rings (SSSR count). The first-order valence-electron chi connectivity index (χ1n) is 7.68. The Morgan fingerprint density at radius 1 is 1.05 bits per heavy atom. The minimum Gasteiger partial charge on any atom is -0.382 e. The van der Waals surface area contributed by atoms with Crippen LogP contribution in [0.3, 0.4) is 0 Å². The standard InChI is InChI=1S/C16H21N3O2/c1-2-10-3-5-11(6-4-10)17-12-7-8-13-14(9-12)19-16(21)15(20)18-13/h7-11,17H,2-6H2,1H3,(H,18,20)(H,19,21). The molecule has 3 N–H and O–H groups in total. The summed E-state index contributed by atoms with van der Waals surface area (Å²) in [5.41, 5.74) is 1.08. The van der Waals surface area contributed by atoms with Crippen LogP contribution in [0.5, 0.6) is 0 Å².